The van der Waals surface area contributed by atoms with E-state index in [1.54, 1.807) is 0 Å². The summed E-state index contributed by atoms with van der Waals surface area (Å²) in [5.41, 5.74) is 9.06. The third kappa shape index (κ3) is 12.3. The van der Waals surface area contributed by atoms with Gasteiger partial charge >= 0.3 is 15.6 Å². The monoisotopic (exact) mass is 1050 g/mol. The number of aryl methyl sites for hydroxylation is 1. The van der Waals surface area contributed by atoms with Crippen LogP contribution in [-0.4, -0.2) is 132 Å². The zero-order valence-corrected chi connectivity index (χ0v) is 41.9. The Bertz CT molecular complexity index is 3070. The summed E-state index contributed by atoms with van der Waals surface area (Å²) < 4.78 is 82.8. The van der Waals surface area contributed by atoms with Crippen molar-refractivity contribution < 1.29 is 70.1 Å². The zero-order valence-electron chi connectivity index (χ0n) is 39.2. The minimum atomic E-state index is -5.24. The van der Waals surface area contributed by atoms with Crippen LogP contribution in [-0.2, 0) is 44.2 Å². The standard InChI is InChI=1S/C43H58N10O15P2S/c1-4-51-15-9-11-25-17-28-32(19-30(25)51)66-33-20-31-27(18-29(33)49-28)26(23-71(62,63)64)21-43(2,3)52(31)16-10-12-35(54)45-13-7-5-6-8-14-46-42-50-36-39(44)47-24-48-40(36)53(42)41-37(55)38(68-70(59,60)61)34(67-41)22-65-69(56,57)58/h17-21,24,34,37-38,41,44,49,55H,4-16,22-23H2,1-3H3,(H6,45,54,56,57,58,59,60,61,62,63,64)/p+1/t34-,37-,38-,41-/m1/s1. The summed E-state index contributed by atoms with van der Waals surface area (Å²) in [7, 11) is -14.7. The lowest BCUT2D eigenvalue weighted by Crippen LogP contribution is -2.46. The van der Waals surface area contributed by atoms with E-state index >= 15 is 0 Å². The van der Waals surface area contributed by atoms with Crippen molar-refractivity contribution in [3.05, 3.63) is 58.5 Å². The number of amides is 1. The number of carbonyl (C=O) groups excluding carboxylic acids is 1. The topological polar surface area (TPSA) is 356 Å². The van der Waals surface area contributed by atoms with Gasteiger partial charge in [-0.2, -0.15) is 8.42 Å². The first-order chi connectivity index (χ1) is 33.5. The number of aromatic nitrogens is 4. The van der Waals surface area contributed by atoms with Gasteiger partial charge in [-0.15, -0.1) is 0 Å². The van der Waals surface area contributed by atoms with Gasteiger partial charge in [0.2, 0.25) is 17.2 Å². The van der Waals surface area contributed by atoms with Gasteiger partial charge in [0.15, 0.2) is 34.7 Å². The van der Waals surface area contributed by atoms with E-state index in [4.69, 9.17) is 24.7 Å². The summed E-state index contributed by atoms with van der Waals surface area (Å²) in [5.74, 6) is 0.537. The van der Waals surface area contributed by atoms with Crippen LogP contribution in [0, 0.1) is 0 Å². The van der Waals surface area contributed by atoms with Gasteiger partial charge in [0, 0.05) is 55.4 Å². The van der Waals surface area contributed by atoms with Gasteiger partial charge in [-0.3, -0.25) is 23.0 Å². The van der Waals surface area contributed by atoms with Crippen LogP contribution in [0.1, 0.15) is 83.1 Å². The Hall–Kier alpha value is -4.95. The molecule has 0 radical (unpaired) electrons. The van der Waals surface area contributed by atoms with Gasteiger partial charge < -0.3 is 55.4 Å². The van der Waals surface area contributed by atoms with Crippen molar-refractivity contribution >= 4 is 71.5 Å². The molecular formula is C43H59N10O15P2S+. The van der Waals surface area contributed by atoms with Crippen LogP contribution in [0.5, 0.6) is 11.5 Å². The maximum atomic E-state index is 13.1. The molecule has 1 amide bonds. The molecule has 2 aromatic heterocycles. The predicted molar refractivity (Wildman–Crippen MR) is 258 cm³/mol. The molecule has 4 aromatic rings. The first kappa shape index (κ1) is 52.4. The highest BCUT2D eigenvalue weighted by atomic mass is 32.2. The summed E-state index contributed by atoms with van der Waals surface area (Å²) in [5, 5.41) is 19.2. The third-order valence-electron chi connectivity index (χ3n) is 12.7. The zero-order chi connectivity index (χ0) is 51.0. The fourth-order valence-corrected chi connectivity index (χ4v) is 11.1. The number of unbranched alkanes of at least 4 members (excludes halogenated alkanes) is 3. The number of anilines is 3. The Kier molecular flexibility index (Phi) is 15.4. The highest BCUT2D eigenvalue weighted by Gasteiger charge is 2.50. The number of nitrogen functional groups attached to an aromatic ring is 1. The molecule has 0 saturated carbocycles. The highest BCUT2D eigenvalue weighted by molar-refractivity contribution is 7.86. The van der Waals surface area contributed by atoms with Crippen LogP contribution in [0.15, 0.2) is 41.7 Å². The summed E-state index contributed by atoms with van der Waals surface area (Å²) >= 11 is 0. The lowest BCUT2D eigenvalue weighted by molar-refractivity contribution is -0.121. The largest absolute Gasteiger partial charge is 0.470 e. The second kappa shape index (κ2) is 20.9. The van der Waals surface area contributed by atoms with Crippen LogP contribution in [0.3, 0.4) is 0 Å². The molecule has 1 fully saturated rings. The maximum absolute atomic E-state index is 13.1. The van der Waals surface area contributed by atoms with Crippen LogP contribution in [0.2, 0.25) is 0 Å². The number of benzene rings is 2. The quantitative estimate of drug-likeness (QED) is 0.0220. The number of nitrogens with one attached hydrogen (secondary N) is 2. The Morgan fingerprint density at radius 3 is 2.51 bits per heavy atom. The molecule has 0 bridgehead atoms. The van der Waals surface area contributed by atoms with Gasteiger partial charge in [-0.1, -0.05) is 18.9 Å². The van der Waals surface area contributed by atoms with E-state index in [2.05, 4.69) is 52.6 Å². The van der Waals surface area contributed by atoms with Crippen molar-refractivity contribution in [3.63, 3.8) is 0 Å². The van der Waals surface area contributed by atoms with Crippen LogP contribution in [0.25, 0.3) is 16.7 Å². The van der Waals surface area contributed by atoms with Gasteiger partial charge in [-0.05, 0) is 64.2 Å². The number of aliphatic hydroxyl groups excluding tert-OH is 1. The normalized spacial score (nSPS) is 20.6. The number of nitrogens with two attached hydrogens (primary N) is 1. The minimum absolute atomic E-state index is 0.0150. The van der Waals surface area contributed by atoms with Gasteiger partial charge in [0.05, 0.1) is 18.2 Å². The van der Waals surface area contributed by atoms with Crippen molar-refractivity contribution in [3.8, 4) is 11.5 Å². The number of hydrogen-bond donors (Lipinski definition) is 9. The first-order valence-electron chi connectivity index (χ1n) is 23.2. The number of carbonyl (C=O) groups is 1. The van der Waals surface area contributed by atoms with Crippen LogP contribution < -0.4 is 41.3 Å². The highest BCUT2D eigenvalue weighted by Crippen LogP contribution is 2.48. The summed E-state index contributed by atoms with van der Waals surface area (Å²) in [6.45, 7) is 8.20. The Balaban J connectivity index is 0.848. The molecule has 4 aliphatic heterocycles. The molecule has 25 nitrogen and oxygen atoms in total. The van der Waals surface area contributed by atoms with Crippen molar-refractivity contribution in [1.29, 1.82) is 0 Å². The molecule has 1 saturated heterocycles. The molecule has 0 spiro atoms. The molecule has 4 aliphatic rings. The van der Waals surface area contributed by atoms with E-state index in [1.807, 2.05) is 38.1 Å². The van der Waals surface area contributed by atoms with E-state index in [0.717, 1.165) is 50.5 Å². The number of phosphoric acid groups is 2. The Morgan fingerprint density at radius 2 is 1.79 bits per heavy atom. The molecule has 28 heteroatoms. The number of imidazole rings is 1. The molecule has 386 valence electrons. The molecule has 0 unspecified atom stereocenters. The summed E-state index contributed by atoms with van der Waals surface area (Å²) in [6, 6.07) is 7.78. The Labute approximate surface area is 408 Å². The van der Waals surface area contributed by atoms with Crippen molar-refractivity contribution in [1.82, 2.24) is 29.4 Å². The molecule has 4 atom stereocenters. The summed E-state index contributed by atoms with van der Waals surface area (Å²) in [6.07, 6.45) is 1.82. The van der Waals surface area contributed by atoms with E-state index in [9.17, 15) is 51.6 Å². The second-order valence-corrected chi connectivity index (χ2v) is 22.2. The van der Waals surface area contributed by atoms with E-state index < -0.39 is 68.2 Å². The third-order valence-corrected chi connectivity index (χ3v) is 14.4. The second-order valence-electron chi connectivity index (χ2n) is 18.3. The molecular weight excluding hydrogens is 991 g/mol. The lowest BCUT2D eigenvalue weighted by Gasteiger charge is -2.44. The van der Waals surface area contributed by atoms with E-state index in [0.29, 0.717) is 78.3 Å². The van der Waals surface area contributed by atoms with Crippen LogP contribution in [0.4, 0.5) is 23.1 Å². The van der Waals surface area contributed by atoms with E-state index in [-0.39, 0.29) is 35.3 Å². The Morgan fingerprint density at radius 1 is 1.03 bits per heavy atom. The van der Waals surface area contributed by atoms with Crippen LogP contribution >= 0.6 is 15.6 Å². The molecule has 8 rings (SSSR count). The molecule has 2 aromatic carbocycles. The predicted octanol–water partition coefficient (Wildman–Crippen LogP) is 2.21. The number of aliphatic hydroxyl groups is 1. The van der Waals surface area contributed by atoms with Gasteiger partial charge in [0.1, 0.15) is 54.5 Å². The number of ether oxygens (including phenoxy) is 2. The van der Waals surface area contributed by atoms with Gasteiger partial charge in [0.25, 0.3) is 10.1 Å². The SMILES string of the molecule is CC[N+]1=c2cc3c(cc2CCC1)=Nc1cc2c(cc1O3)N(CCCC(=O)NCCCCCCNc1nc3c(N)ncnc3n1[C@@H]1O[C@H](COP(=O)(O)O)[C@@H](OP(=O)(O)O)[C@H]1O)C(C)(C)C=C2CS(=O)(=O)O. The van der Waals surface area contributed by atoms with Gasteiger partial charge in [-0.25, -0.2) is 33.6 Å². The van der Waals surface area contributed by atoms with Crippen molar-refractivity contribution in [2.45, 2.75) is 102 Å². The fraction of sp³-hybridized carbons (Fsp3) is 0.535. The number of rotatable bonds is 21. The number of phosphoric ester groups is 2. The number of fused-ring (bicyclic) bond motifs is 5. The first-order valence-corrected chi connectivity index (χ1v) is 27.9. The van der Waals surface area contributed by atoms with Crippen molar-refractivity contribution in [2.24, 2.45) is 4.99 Å². The van der Waals surface area contributed by atoms with Crippen molar-refractivity contribution in [2.75, 3.05) is 61.0 Å². The number of nitrogens with zero attached hydrogens (tertiary/aromatic N) is 7. The minimum Gasteiger partial charge on any atom is -0.452 e. The lowest BCUT2D eigenvalue weighted by atomic mass is 9.88. The number of hydrogen-bond acceptors (Lipinski definition) is 17. The average molecular weight is 1050 g/mol. The molecule has 10 N–H and O–H groups in total. The van der Waals surface area contributed by atoms with E-state index in [1.165, 1.54) is 10.1 Å². The fourth-order valence-electron chi connectivity index (χ4n) is 9.58. The molecule has 0 aliphatic carbocycles. The summed E-state index contributed by atoms with van der Waals surface area (Å²) in [4.78, 5) is 70.2. The average Bonchev–Trinajstić information content (AvgIpc) is 3.79. The molecule has 71 heavy (non-hydrogen) atoms. The smallest absolute Gasteiger partial charge is 0.452 e. The molecule has 6 heterocycles. The maximum Gasteiger partial charge on any atom is 0.470 e.